The van der Waals surface area contributed by atoms with Gasteiger partial charge < -0.3 is 20.4 Å². The molecule has 2 atom stereocenters. The van der Waals surface area contributed by atoms with Gasteiger partial charge in [-0.05, 0) is 25.7 Å². The summed E-state index contributed by atoms with van der Waals surface area (Å²) in [5.41, 5.74) is 0. The third-order valence-electron chi connectivity index (χ3n) is 3.75. The molecule has 0 aromatic heterocycles. The largest absolute Gasteiger partial charge is 0.479 e. The van der Waals surface area contributed by atoms with Gasteiger partial charge in [-0.1, -0.05) is 51.4 Å². The maximum absolute atomic E-state index is 10.4. The molecular weight excluding hydrogens is 272 g/mol. The van der Waals surface area contributed by atoms with Gasteiger partial charge in [0.25, 0.3) is 0 Å². The molecule has 0 fully saturated rings. The number of aliphatic hydroxyl groups is 3. The van der Waals surface area contributed by atoms with E-state index < -0.39 is 18.2 Å². The van der Waals surface area contributed by atoms with E-state index >= 15 is 0 Å². The lowest BCUT2D eigenvalue weighted by Gasteiger charge is -2.11. The molecule has 0 bridgehead atoms. The summed E-state index contributed by atoms with van der Waals surface area (Å²) in [4.78, 5) is 10.4. The van der Waals surface area contributed by atoms with E-state index in [0.717, 1.165) is 25.7 Å². The van der Waals surface area contributed by atoms with Crippen molar-refractivity contribution < 1.29 is 25.2 Å². The highest BCUT2D eigenvalue weighted by Crippen LogP contribution is 2.13. The van der Waals surface area contributed by atoms with Crippen molar-refractivity contribution in [2.75, 3.05) is 6.61 Å². The minimum Gasteiger partial charge on any atom is -0.479 e. The van der Waals surface area contributed by atoms with Crippen LogP contribution in [0.15, 0.2) is 0 Å². The molecular formula is C16H32O5. The predicted octanol–water partition coefficient (Wildman–Crippen LogP) is 2.47. The van der Waals surface area contributed by atoms with E-state index in [1.807, 2.05) is 0 Å². The molecule has 4 N–H and O–H groups in total. The summed E-state index contributed by atoms with van der Waals surface area (Å²) in [6.07, 6.45) is 9.41. The van der Waals surface area contributed by atoms with Crippen LogP contribution in [-0.2, 0) is 4.79 Å². The van der Waals surface area contributed by atoms with Crippen molar-refractivity contribution >= 4 is 5.97 Å². The molecule has 5 nitrogen and oxygen atoms in total. The van der Waals surface area contributed by atoms with E-state index in [9.17, 15) is 9.90 Å². The topological polar surface area (TPSA) is 98.0 Å². The van der Waals surface area contributed by atoms with Crippen LogP contribution in [0.1, 0.15) is 77.0 Å². The average molecular weight is 304 g/mol. The second-order valence-electron chi connectivity index (χ2n) is 5.78. The molecule has 0 aliphatic heterocycles. The molecule has 21 heavy (non-hydrogen) atoms. The molecule has 0 saturated heterocycles. The van der Waals surface area contributed by atoms with Gasteiger partial charge in [-0.15, -0.1) is 0 Å². The zero-order valence-corrected chi connectivity index (χ0v) is 13.0. The number of hydrogen-bond donors (Lipinski definition) is 4. The summed E-state index contributed by atoms with van der Waals surface area (Å²) in [5, 5.41) is 35.9. The number of hydrogen-bond acceptors (Lipinski definition) is 4. The summed E-state index contributed by atoms with van der Waals surface area (Å²) in [6.45, 7) is 0.297. The highest BCUT2D eigenvalue weighted by atomic mass is 16.4. The van der Waals surface area contributed by atoms with Crippen LogP contribution in [0.3, 0.4) is 0 Å². The number of carbonyl (C=O) groups is 1. The summed E-state index contributed by atoms with van der Waals surface area (Å²) in [7, 11) is 0. The van der Waals surface area contributed by atoms with Crippen LogP contribution < -0.4 is 0 Å². The molecule has 0 rings (SSSR count). The number of rotatable bonds is 15. The minimum absolute atomic E-state index is 0.115. The highest BCUT2D eigenvalue weighted by Gasteiger charge is 2.14. The standard InChI is InChI=1S/C16H32O5/c17-13-9-7-5-3-1-2-4-6-8-10-14(18)11-12-15(19)16(20)21/h14-15,17-19H,1-13H2,(H,20,21). The van der Waals surface area contributed by atoms with Crippen LogP contribution in [-0.4, -0.2) is 45.2 Å². The number of carboxylic acid groups (broad SMARTS) is 1. The molecule has 0 aromatic carbocycles. The minimum atomic E-state index is -1.36. The van der Waals surface area contributed by atoms with Gasteiger partial charge in [-0.3, -0.25) is 0 Å². The number of aliphatic hydroxyl groups excluding tert-OH is 3. The van der Waals surface area contributed by atoms with Gasteiger partial charge in [0.1, 0.15) is 0 Å². The molecule has 0 aliphatic carbocycles. The van der Waals surface area contributed by atoms with Crippen molar-refractivity contribution in [3.63, 3.8) is 0 Å². The van der Waals surface area contributed by atoms with Gasteiger partial charge in [-0.25, -0.2) is 4.79 Å². The van der Waals surface area contributed by atoms with Gasteiger partial charge in [0.05, 0.1) is 6.10 Å². The Hall–Kier alpha value is -0.650. The molecule has 2 unspecified atom stereocenters. The van der Waals surface area contributed by atoms with E-state index in [1.54, 1.807) is 0 Å². The highest BCUT2D eigenvalue weighted by molar-refractivity contribution is 5.71. The fourth-order valence-electron chi connectivity index (χ4n) is 2.35. The van der Waals surface area contributed by atoms with Crippen LogP contribution in [0.2, 0.25) is 0 Å². The smallest absolute Gasteiger partial charge is 0.332 e. The summed E-state index contributed by atoms with van der Waals surface area (Å²) in [6, 6.07) is 0. The van der Waals surface area contributed by atoms with Crippen molar-refractivity contribution in [2.24, 2.45) is 0 Å². The second kappa shape index (κ2) is 14.3. The van der Waals surface area contributed by atoms with Crippen molar-refractivity contribution in [1.82, 2.24) is 0 Å². The van der Waals surface area contributed by atoms with Crippen molar-refractivity contribution in [1.29, 1.82) is 0 Å². The van der Waals surface area contributed by atoms with Crippen LogP contribution in [0.5, 0.6) is 0 Å². The van der Waals surface area contributed by atoms with E-state index in [2.05, 4.69) is 0 Å². The first-order valence-electron chi connectivity index (χ1n) is 8.27. The third kappa shape index (κ3) is 14.1. The fraction of sp³-hybridized carbons (Fsp3) is 0.938. The fourth-order valence-corrected chi connectivity index (χ4v) is 2.35. The van der Waals surface area contributed by atoms with E-state index in [0.29, 0.717) is 19.4 Å². The first kappa shape index (κ1) is 20.3. The number of carboxylic acids is 1. The van der Waals surface area contributed by atoms with E-state index in [4.69, 9.17) is 15.3 Å². The SMILES string of the molecule is O=C(O)C(O)CCC(O)CCCCCCCCCCCO. The second-order valence-corrected chi connectivity index (χ2v) is 5.78. The van der Waals surface area contributed by atoms with Crippen molar-refractivity contribution in [3.8, 4) is 0 Å². The Bertz CT molecular complexity index is 245. The maximum atomic E-state index is 10.4. The zero-order chi connectivity index (χ0) is 15.9. The normalized spacial score (nSPS) is 14.0. The lowest BCUT2D eigenvalue weighted by atomic mass is 10.0. The quantitative estimate of drug-likeness (QED) is 0.348. The monoisotopic (exact) mass is 304 g/mol. The van der Waals surface area contributed by atoms with Crippen LogP contribution >= 0.6 is 0 Å². The van der Waals surface area contributed by atoms with Crippen LogP contribution in [0.25, 0.3) is 0 Å². The van der Waals surface area contributed by atoms with E-state index in [-0.39, 0.29) is 6.42 Å². The molecule has 0 amide bonds. The Labute approximate surface area is 128 Å². The molecule has 0 aliphatic rings. The Morgan fingerprint density at radius 1 is 0.714 bits per heavy atom. The zero-order valence-electron chi connectivity index (χ0n) is 13.0. The van der Waals surface area contributed by atoms with Gasteiger partial charge in [-0.2, -0.15) is 0 Å². The lowest BCUT2D eigenvalue weighted by molar-refractivity contribution is -0.147. The molecule has 5 heteroatoms. The predicted molar refractivity (Wildman–Crippen MR) is 82.1 cm³/mol. The van der Waals surface area contributed by atoms with Gasteiger partial charge in [0.2, 0.25) is 0 Å². The van der Waals surface area contributed by atoms with E-state index in [1.165, 1.54) is 32.1 Å². The Kier molecular flexibility index (Phi) is 13.9. The summed E-state index contributed by atoms with van der Waals surface area (Å²) in [5.74, 6) is -1.22. The summed E-state index contributed by atoms with van der Waals surface area (Å²) >= 11 is 0. The van der Waals surface area contributed by atoms with Gasteiger partial charge >= 0.3 is 5.97 Å². The maximum Gasteiger partial charge on any atom is 0.332 e. The Morgan fingerprint density at radius 3 is 1.67 bits per heavy atom. The molecule has 126 valence electrons. The summed E-state index contributed by atoms with van der Waals surface area (Å²) < 4.78 is 0. The Balaban J connectivity index is 3.25. The van der Waals surface area contributed by atoms with Gasteiger partial charge in [0.15, 0.2) is 6.10 Å². The van der Waals surface area contributed by atoms with Crippen molar-refractivity contribution in [3.05, 3.63) is 0 Å². The number of aliphatic carboxylic acids is 1. The first-order chi connectivity index (χ1) is 10.1. The van der Waals surface area contributed by atoms with Crippen LogP contribution in [0.4, 0.5) is 0 Å². The van der Waals surface area contributed by atoms with Gasteiger partial charge in [0, 0.05) is 6.61 Å². The lowest BCUT2D eigenvalue weighted by Crippen LogP contribution is -2.21. The average Bonchev–Trinajstić information content (AvgIpc) is 2.46. The molecule has 0 radical (unpaired) electrons. The molecule has 0 heterocycles. The first-order valence-corrected chi connectivity index (χ1v) is 8.27. The van der Waals surface area contributed by atoms with Crippen LogP contribution in [0, 0.1) is 0 Å². The molecule has 0 saturated carbocycles. The number of unbranched alkanes of at least 4 members (excludes halogenated alkanes) is 8. The molecule has 0 spiro atoms. The Morgan fingerprint density at radius 2 is 1.19 bits per heavy atom. The third-order valence-corrected chi connectivity index (χ3v) is 3.75. The molecule has 0 aromatic rings. The van der Waals surface area contributed by atoms with Crippen molar-refractivity contribution in [2.45, 2.75) is 89.3 Å².